The Hall–Kier alpha value is -1.11. The summed E-state index contributed by atoms with van der Waals surface area (Å²) in [5, 5.41) is 3.78. The first-order valence-corrected chi connectivity index (χ1v) is 10.1. The quantitative estimate of drug-likeness (QED) is 0.831. The standard InChI is InChI=1S/C17H19N2P.C2H6/c1-12(14-6-5-13-3-2-4-15(13)11-14)18-16-17(7-8-17)19-9-10-20(16)19;1-2/h2-3,5-6,11,16,18H,1,4,7-10H2;1-2H3. The minimum absolute atomic E-state index is 0.134. The summed E-state index contributed by atoms with van der Waals surface area (Å²) in [4.78, 5) is 0. The van der Waals surface area contributed by atoms with Gasteiger partial charge in [-0.15, -0.1) is 0 Å². The number of nitrogens with zero attached hydrogens (tertiary/aromatic N) is 1. The second kappa shape index (κ2) is 5.22. The molecule has 1 aromatic rings. The van der Waals surface area contributed by atoms with Gasteiger partial charge in [-0.1, -0.05) is 44.7 Å². The smallest absolute Gasteiger partial charge is 0.0782 e. The molecule has 0 radical (unpaired) electrons. The zero-order valence-electron chi connectivity index (χ0n) is 13.6. The third kappa shape index (κ3) is 1.94. The van der Waals surface area contributed by atoms with Crippen LogP contribution in [0.4, 0.5) is 0 Å². The first-order valence-electron chi connectivity index (χ1n) is 8.57. The van der Waals surface area contributed by atoms with Crippen LogP contribution < -0.4 is 5.32 Å². The summed E-state index contributed by atoms with van der Waals surface area (Å²) < 4.78 is 2.76. The molecule has 2 aliphatic heterocycles. The Labute approximate surface area is 135 Å². The van der Waals surface area contributed by atoms with Crippen LogP contribution in [0.25, 0.3) is 11.8 Å². The van der Waals surface area contributed by atoms with Gasteiger partial charge in [-0.3, -0.25) is 4.67 Å². The largest absolute Gasteiger partial charge is 0.375 e. The molecule has 3 fully saturated rings. The van der Waals surface area contributed by atoms with Crippen LogP contribution in [0.15, 0.2) is 30.9 Å². The molecule has 22 heavy (non-hydrogen) atoms. The van der Waals surface area contributed by atoms with E-state index in [0.717, 1.165) is 12.1 Å². The Morgan fingerprint density at radius 3 is 2.86 bits per heavy atom. The highest BCUT2D eigenvalue weighted by Crippen LogP contribution is 2.76. The molecule has 2 heterocycles. The van der Waals surface area contributed by atoms with E-state index < -0.39 is 0 Å². The van der Waals surface area contributed by atoms with Crippen molar-refractivity contribution in [2.75, 3.05) is 12.7 Å². The number of benzene rings is 1. The van der Waals surface area contributed by atoms with Gasteiger partial charge >= 0.3 is 0 Å². The molecule has 1 aromatic carbocycles. The van der Waals surface area contributed by atoms with Gasteiger partial charge in [0.15, 0.2) is 0 Å². The van der Waals surface area contributed by atoms with E-state index in [9.17, 15) is 0 Å². The molecule has 1 saturated carbocycles. The van der Waals surface area contributed by atoms with Crippen LogP contribution in [0.1, 0.15) is 43.4 Å². The van der Waals surface area contributed by atoms with Crippen molar-refractivity contribution in [3.05, 3.63) is 47.5 Å². The lowest BCUT2D eigenvalue weighted by Crippen LogP contribution is -2.66. The van der Waals surface area contributed by atoms with Crippen LogP contribution in [0.5, 0.6) is 0 Å². The lowest BCUT2D eigenvalue weighted by molar-refractivity contribution is 0.215. The lowest BCUT2D eigenvalue weighted by atomic mass is 10.0. The van der Waals surface area contributed by atoms with Crippen LogP contribution in [-0.2, 0) is 6.42 Å². The molecule has 2 saturated heterocycles. The second-order valence-corrected chi connectivity index (χ2v) is 8.76. The normalized spacial score (nSPS) is 28.6. The molecule has 3 heteroatoms. The maximum atomic E-state index is 4.31. The number of rotatable bonds is 3. The van der Waals surface area contributed by atoms with Gasteiger partial charge in [-0.25, -0.2) is 0 Å². The van der Waals surface area contributed by atoms with Crippen molar-refractivity contribution in [3.63, 3.8) is 0 Å². The molecule has 4 aliphatic rings. The van der Waals surface area contributed by atoms with E-state index >= 15 is 0 Å². The fraction of sp³-hybridized carbons (Fsp3) is 0.474. The van der Waals surface area contributed by atoms with Gasteiger partial charge in [0.1, 0.15) is 0 Å². The average Bonchev–Trinajstić information content (AvgIpc) is 3.18. The Morgan fingerprint density at radius 1 is 1.36 bits per heavy atom. The summed E-state index contributed by atoms with van der Waals surface area (Å²) in [7, 11) is 0.134. The van der Waals surface area contributed by atoms with Crippen molar-refractivity contribution in [1.29, 1.82) is 0 Å². The topological polar surface area (TPSA) is 15.3 Å². The monoisotopic (exact) mass is 312 g/mol. The molecular weight excluding hydrogens is 287 g/mol. The minimum atomic E-state index is 0.134. The SMILES string of the molecule is C=C(NC1P2CCN2C12CC2)c1ccc2c(c1)CC=C2.CC. The highest BCUT2D eigenvalue weighted by atomic mass is 31.1. The number of hydrogen-bond acceptors (Lipinski definition) is 2. The van der Waals surface area contributed by atoms with E-state index in [4.69, 9.17) is 0 Å². The fourth-order valence-electron chi connectivity index (χ4n) is 3.99. The van der Waals surface area contributed by atoms with Crippen molar-refractivity contribution in [2.24, 2.45) is 0 Å². The molecule has 1 spiro atoms. The summed E-state index contributed by atoms with van der Waals surface area (Å²) in [5.74, 6) is 0.713. The zero-order chi connectivity index (χ0) is 15.3. The van der Waals surface area contributed by atoms with E-state index in [1.165, 1.54) is 42.2 Å². The average molecular weight is 312 g/mol. The Morgan fingerprint density at radius 2 is 2.18 bits per heavy atom. The summed E-state index contributed by atoms with van der Waals surface area (Å²) in [6.07, 6.45) is 9.75. The minimum Gasteiger partial charge on any atom is -0.375 e. The van der Waals surface area contributed by atoms with Gasteiger partial charge in [0.25, 0.3) is 0 Å². The summed E-state index contributed by atoms with van der Waals surface area (Å²) in [6.45, 7) is 9.66. The number of hydrogen-bond donors (Lipinski definition) is 1. The van der Waals surface area contributed by atoms with Crippen LogP contribution >= 0.6 is 8.07 Å². The maximum absolute atomic E-state index is 4.31. The Balaban J connectivity index is 0.000000602. The fourth-order valence-corrected chi connectivity index (χ4v) is 7.06. The van der Waals surface area contributed by atoms with Crippen molar-refractivity contribution >= 4 is 19.8 Å². The van der Waals surface area contributed by atoms with Gasteiger partial charge < -0.3 is 5.32 Å². The molecule has 0 amide bonds. The molecule has 2 atom stereocenters. The van der Waals surface area contributed by atoms with Crippen molar-refractivity contribution in [2.45, 2.75) is 44.4 Å². The highest BCUT2D eigenvalue weighted by Gasteiger charge is 2.70. The van der Waals surface area contributed by atoms with E-state index in [1.807, 2.05) is 13.8 Å². The predicted molar refractivity (Wildman–Crippen MR) is 96.9 cm³/mol. The molecule has 0 aromatic heterocycles. The first-order chi connectivity index (χ1) is 10.8. The lowest BCUT2D eigenvalue weighted by Gasteiger charge is -2.63. The molecule has 2 unspecified atom stereocenters. The molecular formula is C19H25N2P. The van der Waals surface area contributed by atoms with Crippen LogP contribution in [0, 0.1) is 0 Å². The maximum Gasteiger partial charge on any atom is 0.0782 e. The third-order valence-electron chi connectivity index (χ3n) is 5.37. The van der Waals surface area contributed by atoms with Crippen molar-refractivity contribution in [1.82, 2.24) is 9.99 Å². The van der Waals surface area contributed by atoms with Gasteiger partial charge in [0.05, 0.1) is 11.3 Å². The van der Waals surface area contributed by atoms with Gasteiger partial charge in [0, 0.05) is 12.2 Å². The summed E-state index contributed by atoms with van der Waals surface area (Å²) >= 11 is 0. The molecule has 0 bridgehead atoms. The third-order valence-corrected chi connectivity index (χ3v) is 8.45. The Bertz CT molecular complexity index is 645. The van der Waals surface area contributed by atoms with Crippen molar-refractivity contribution < 1.29 is 0 Å². The number of fused-ring (bicyclic) bond motifs is 3. The van der Waals surface area contributed by atoms with Crippen LogP contribution in [0.2, 0.25) is 0 Å². The van der Waals surface area contributed by atoms with E-state index in [2.05, 4.69) is 46.9 Å². The van der Waals surface area contributed by atoms with E-state index in [0.29, 0.717) is 11.3 Å². The molecule has 116 valence electrons. The van der Waals surface area contributed by atoms with Crippen molar-refractivity contribution in [3.8, 4) is 0 Å². The molecule has 1 N–H and O–H groups in total. The van der Waals surface area contributed by atoms with Gasteiger partial charge in [0.2, 0.25) is 0 Å². The predicted octanol–water partition coefficient (Wildman–Crippen LogP) is 4.43. The van der Waals surface area contributed by atoms with Gasteiger partial charge in [-0.05, 0) is 56.3 Å². The first kappa shape index (κ1) is 14.5. The van der Waals surface area contributed by atoms with Crippen LogP contribution in [0.3, 0.4) is 0 Å². The molecule has 5 rings (SSSR count). The highest BCUT2D eigenvalue weighted by molar-refractivity contribution is 7.59. The summed E-state index contributed by atoms with van der Waals surface area (Å²) in [6, 6.07) is 6.76. The number of allylic oxidation sites excluding steroid dienone is 1. The number of nitrogens with one attached hydrogen (secondary N) is 1. The molecule has 2 nitrogen and oxygen atoms in total. The van der Waals surface area contributed by atoms with E-state index in [-0.39, 0.29) is 8.07 Å². The second-order valence-electron chi connectivity index (χ2n) is 6.44. The van der Waals surface area contributed by atoms with Gasteiger partial charge in [-0.2, -0.15) is 0 Å². The van der Waals surface area contributed by atoms with E-state index in [1.54, 1.807) is 0 Å². The Kier molecular flexibility index (Phi) is 3.43. The van der Waals surface area contributed by atoms with Crippen LogP contribution in [-0.4, -0.2) is 28.7 Å². The zero-order valence-corrected chi connectivity index (χ0v) is 14.5. The summed E-state index contributed by atoms with van der Waals surface area (Å²) in [5.41, 5.74) is 5.77. The molecule has 2 aliphatic carbocycles.